The normalized spacial score (nSPS) is 11.0. The molecule has 1 N–H and O–H groups in total. The summed E-state index contributed by atoms with van der Waals surface area (Å²) in [6, 6.07) is 12.4. The van der Waals surface area contributed by atoms with Gasteiger partial charge in [0.15, 0.2) is 5.65 Å². The van der Waals surface area contributed by atoms with E-state index >= 15 is 0 Å². The number of aromatic nitrogens is 3. The summed E-state index contributed by atoms with van der Waals surface area (Å²) in [6.07, 6.45) is 3.51. The fraction of sp³-hybridized carbons (Fsp3) is 0.0588. The number of benzene rings is 1. The molecular weight excluding hydrogens is 311 g/mol. The zero-order valence-corrected chi connectivity index (χ0v) is 12.9. The van der Waals surface area contributed by atoms with Crippen LogP contribution in [-0.4, -0.2) is 14.6 Å². The molecule has 4 aromatic rings. The molecule has 4 nitrogen and oxygen atoms in total. The van der Waals surface area contributed by atoms with Crippen molar-refractivity contribution in [2.24, 2.45) is 0 Å². The second kappa shape index (κ2) is 5.81. The third-order valence-corrected chi connectivity index (χ3v) is 4.46. The molecule has 0 bridgehead atoms. The molecule has 1 aromatic carbocycles. The standard InChI is InChI=1S/C17H13FN4S/c18-13-5-3-12(4-6-13)15-11-21-22-16(7-8-19-17(15)22)20-10-14-2-1-9-23-14/h1-9,11,20H,10H2. The smallest absolute Gasteiger partial charge is 0.165 e. The second-order valence-corrected chi connectivity index (χ2v) is 6.10. The van der Waals surface area contributed by atoms with Gasteiger partial charge in [-0.05, 0) is 35.2 Å². The van der Waals surface area contributed by atoms with E-state index in [4.69, 9.17) is 0 Å². The van der Waals surface area contributed by atoms with E-state index in [2.05, 4.69) is 26.8 Å². The number of nitrogens with one attached hydrogen (secondary N) is 1. The summed E-state index contributed by atoms with van der Waals surface area (Å²) >= 11 is 1.71. The Morgan fingerprint density at radius 1 is 1.13 bits per heavy atom. The molecule has 114 valence electrons. The molecule has 0 spiro atoms. The molecule has 4 rings (SSSR count). The highest BCUT2D eigenvalue weighted by Gasteiger charge is 2.10. The van der Waals surface area contributed by atoms with Crippen molar-refractivity contribution in [3.8, 4) is 11.1 Å². The molecule has 0 aliphatic carbocycles. The fourth-order valence-corrected chi connectivity index (χ4v) is 3.09. The molecule has 0 saturated heterocycles. The number of rotatable bonds is 4. The molecule has 0 unspecified atom stereocenters. The molecule has 23 heavy (non-hydrogen) atoms. The van der Waals surface area contributed by atoms with Gasteiger partial charge < -0.3 is 5.32 Å². The van der Waals surface area contributed by atoms with Crippen LogP contribution in [0.25, 0.3) is 16.8 Å². The molecule has 0 aliphatic rings. The summed E-state index contributed by atoms with van der Waals surface area (Å²) in [5.41, 5.74) is 2.52. The third kappa shape index (κ3) is 2.68. The predicted molar refractivity (Wildman–Crippen MR) is 90.0 cm³/mol. The molecule has 6 heteroatoms. The molecule has 3 aromatic heterocycles. The lowest BCUT2D eigenvalue weighted by molar-refractivity contribution is 0.628. The van der Waals surface area contributed by atoms with Crippen molar-refractivity contribution in [2.75, 3.05) is 5.32 Å². The molecule has 0 fully saturated rings. The van der Waals surface area contributed by atoms with E-state index in [1.165, 1.54) is 17.0 Å². The average molecular weight is 324 g/mol. The van der Waals surface area contributed by atoms with Gasteiger partial charge in [0.1, 0.15) is 11.6 Å². The number of fused-ring (bicyclic) bond motifs is 1. The van der Waals surface area contributed by atoms with Crippen LogP contribution < -0.4 is 5.32 Å². The Hall–Kier alpha value is -2.73. The van der Waals surface area contributed by atoms with Crippen molar-refractivity contribution < 1.29 is 4.39 Å². The minimum atomic E-state index is -0.253. The first kappa shape index (κ1) is 13.9. The summed E-state index contributed by atoms with van der Waals surface area (Å²) in [4.78, 5) is 5.67. The van der Waals surface area contributed by atoms with E-state index in [0.29, 0.717) is 0 Å². The predicted octanol–water partition coefficient (Wildman–Crippen LogP) is 4.21. The maximum atomic E-state index is 13.1. The SMILES string of the molecule is Fc1ccc(-c2cnn3c(NCc4cccs4)ccnc23)cc1. The van der Waals surface area contributed by atoms with Crippen LogP contribution >= 0.6 is 11.3 Å². The van der Waals surface area contributed by atoms with Gasteiger partial charge in [0.05, 0.1) is 12.7 Å². The van der Waals surface area contributed by atoms with Gasteiger partial charge in [-0.3, -0.25) is 0 Å². The minimum Gasteiger partial charge on any atom is -0.365 e. The van der Waals surface area contributed by atoms with Crippen molar-refractivity contribution in [3.63, 3.8) is 0 Å². The lowest BCUT2D eigenvalue weighted by Crippen LogP contribution is -2.04. The lowest BCUT2D eigenvalue weighted by atomic mass is 10.1. The Morgan fingerprint density at radius 2 is 2.00 bits per heavy atom. The number of halogens is 1. The number of hydrogen-bond donors (Lipinski definition) is 1. The van der Waals surface area contributed by atoms with Crippen LogP contribution in [0.15, 0.2) is 60.2 Å². The molecule has 0 saturated carbocycles. The van der Waals surface area contributed by atoms with Crippen LogP contribution in [0.5, 0.6) is 0 Å². The molecular formula is C17H13FN4S. The second-order valence-electron chi connectivity index (χ2n) is 5.06. The van der Waals surface area contributed by atoms with E-state index in [9.17, 15) is 4.39 Å². The topological polar surface area (TPSA) is 42.2 Å². The highest BCUT2D eigenvalue weighted by molar-refractivity contribution is 7.09. The van der Waals surface area contributed by atoms with Gasteiger partial charge in [0.2, 0.25) is 0 Å². The van der Waals surface area contributed by atoms with Crippen LogP contribution in [0.4, 0.5) is 10.2 Å². The lowest BCUT2D eigenvalue weighted by Gasteiger charge is -2.07. The molecule has 3 heterocycles. The van der Waals surface area contributed by atoms with Crippen LogP contribution in [0.2, 0.25) is 0 Å². The van der Waals surface area contributed by atoms with Crippen molar-refractivity contribution in [2.45, 2.75) is 6.54 Å². The van der Waals surface area contributed by atoms with E-state index in [1.807, 2.05) is 12.1 Å². The summed E-state index contributed by atoms with van der Waals surface area (Å²) < 4.78 is 14.9. The largest absolute Gasteiger partial charge is 0.365 e. The van der Waals surface area contributed by atoms with Crippen molar-refractivity contribution in [3.05, 3.63) is 70.9 Å². The van der Waals surface area contributed by atoms with Crippen LogP contribution in [0.3, 0.4) is 0 Å². The first-order chi connectivity index (χ1) is 11.3. The van der Waals surface area contributed by atoms with Gasteiger partial charge in [0.25, 0.3) is 0 Å². The van der Waals surface area contributed by atoms with Gasteiger partial charge in [0, 0.05) is 16.6 Å². The highest BCUT2D eigenvalue weighted by atomic mass is 32.1. The van der Waals surface area contributed by atoms with Gasteiger partial charge in [-0.2, -0.15) is 9.61 Å². The van der Waals surface area contributed by atoms with Gasteiger partial charge in [-0.15, -0.1) is 11.3 Å². The summed E-state index contributed by atoms with van der Waals surface area (Å²) in [5, 5.41) is 9.85. The first-order valence-electron chi connectivity index (χ1n) is 7.16. The van der Waals surface area contributed by atoms with Crippen LogP contribution in [-0.2, 0) is 6.54 Å². The molecule has 0 aliphatic heterocycles. The Morgan fingerprint density at radius 3 is 2.78 bits per heavy atom. The Labute approximate surface area is 136 Å². The number of hydrogen-bond acceptors (Lipinski definition) is 4. The zero-order valence-electron chi connectivity index (χ0n) is 12.1. The van der Waals surface area contributed by atoms with Crippen molar-refractivity contribution in [1.29, 1.82) is 0 Å². The maximum absolute atomic E-state index is 13.1. The van der Waals surface area contributed by atoms with E-state index in [1.54, 1.807) is 40.4 Å². The summed E-state index contributed by atoms with van der Waals surface area (Å²) in [6.45, 7) is 0.739. The van der Waals surface area contributed by atoms with Gasteiger partial charge in [-0.1, -0.05) is 18.2 Å². The molecule has 0 radical (unpaired) electrons. The summed E-state index contributed by atoms with van der Waals surface area (Å²) in [5.74, 6) is 0.619. The summed E-state index contributed by atoms with van der Waals surface area (Å²) in [7, 11) is 0. The van der Waals surface area contributed by atoms with Crippen molar-refractivity contribution in [1.82, 2.24) is 14.6 Å². The number of thiophene rings is 1. The molecule has 0 amide bonds. The minimum absolute atomic E-state index is 0.253. The number of anilines is 1. The fourth-order valence-electron chi connectivity index (χ4n) is 2.45. The maximum Gasteiger partial charge on any atom is 0.165 e. The average Bonchev–Trinajstić information content (AvgIpc) is 3.23. The van der Waals surface area contributed by atoms with E-state index in [-0.39, 0.29) is 5.82 Å². The van der Waals surface area contributed by atoms with Gasteiger partial charge in [-0.25, -0.2) is 9.37 Å². The Kier molecular flexibility index (Phi) is 3.51. The zero-order chi connectivity index (χ0) is 15.6. The van der Waals surface area contributed by atoms with Crippen LogP contribution in [0, 0.1) is 5.82 Å². The quantitative estimate of drug-likeness (QED) is 0.611. The number of nitrogens with zero attached hydrogens (tertiary/aromatic N) is 3. The van der Waals surface area contributed by atoms with Gasteiger partial charge >= 0.3 is 0 Å². The van der Waals surface area contributed by atoms with E-state index in [0.717, 1.165) is 29.1 Å². The third-order valence-electron chi connectivity index (χ3n) is 3.58. The van der Waals surface area contributed by atoms with Crippen LogP contribution in [0.1, 0.15) is 4.88 Å². The van der Waals surface area contributed by atoms with E-state index < -0.39 is 0 Å². The highest BCUT2D eigenvalue weighted by Crippen LogP contribution is 2.25. The first-order valence-corrected chi connectivity index (χ1v) is 8.04. The molecule has 0 atom stereocenters. The monoisotopic (exact) mass is 324 g/mol. The van der Waals surface area contributed by atoms with Crippen molar-refractivity contribution >= 4 is 22.8 Å². The Bertz CT molecular complexity index is 929. The Balaban J connectivity index is 1.70.